The van der Waals surface area contributed by atoms with Crippen molar-refractivity contribution >= 4 is 0 Å². The molecule has 0 spiro atoms. The zero-order valence-electron chi connectivity index (χ0n) is 9.52. The molecule has 1 aromatic rings. The standard InChI is InChI=1S/C12H18N2O2/c1-16-12-4-2-3-9-10(12)8-14(5-6-15)11(9)7-13/h2-4,11,15H,5-8,13H2,1H3. The molecule has 4 heteroatoms. The van der Waals surface area contributed by atoms with E-state index in [2.05, 4.69) is 11.0 Å². The maximum atomic E-state index is 9.03. The van der Waals surface area contributed by atoms with Gasteiger partial charge >= 0.3 is 0 Å². The van der Waals surface area contributed by atoms with E-state index in [4.69, 9.17) is 15.6 Å². The lowest BCUT2D eigenvalue weighted by molar-refractivity contribution is 0.163. The van der Waals surface area contributed by atoms with E-state index in [-0.39, 0.29) is 12.6 Å². The molecular weight excluding hydrogens is 204 g/mol. The highest BCUT2D eigenvalue weighted by atomic mass is 16.5. The molecule has 1 aliphatic rings. The average Bonchev–Trinajstić information content (AvgIpc) is 2.66. The van der Waals surface area contributed by atoms with Crippen LogP contribution in [0.25, 0.3) is 0 Å². The molecule has 0 saturated carbocycles. The van der Waals surface area contributed by atoms with Crippen molar-refractivity contribution in [3.8, 4) is 5.75 Å². The zero-order chi connectivity index (χ0) is 11.5. The van der Waals surface area contributed by atoms with Gasteiger partial charge in [-0.25, -0.2) is 0 Å². The summed E-state index contributed by atoms with van der Waals surface area (Å²) in [5.41, 5.74) is 8.23. The van der Waals surface area contributed by atoms with Crippen molar-refractivity contribution < 1.29 is 9.84 Å². The quantitative estimate of drug-likeness (QED) is 0.779. The van der Waals surface area contributed by atoms with Gasteiger partial charge in [0, 0.05) is 31.2 Å². The second-order valence-corrected chi connectivity index (χ2v) is 3.97. The van der Waals surface area contributed by atoms with Crippen LogP contribution in [0.15, 0.2) is 18.2 Å². The van der Waals surface area contributed by atoms with Crippen LogP contribution in [-0.4, -0.2) is 36.8 Å². The van der Waals surface area contributed by atoms with E-state index in [0.29, 0.717) is 13.1 Å². The van der Waals surface area contributed by atoms with Crippen LogP contribution in [0.4, 0.5) is 0 Å². The molecule has 0 radical (unpaired) electrons. The lowest BCUT2D eigenvalue weighted by atomic mass is 10.0. The lowest BCUT2D eigenvalue weighted by Crippen LogP contribution is -2.30. The predicted octanol–water partition coefficient (Wildman–Crippen LogP) is 0.503. The molecule has 1 aliphatic heterocycles. The van der Waals surface area contributed by atoms with Crippen molar-refractivity contribution in [1.82, 2.24) is 4.90 Å². The summed E-state index contributed by atoms with van der Waals surface area (Å²) in [5.74, 6) is 0.913. The number of methoxy groups -OCH3 is 1. The highest BCUT2D eigenvalue weighted by Gasteiger charge is 2.30. The molecule has 0 bridgehead atoms. The normalized spacial score (nSPS) is 19.8. The Labute approximate surface area is 95.6 Å². The highest BCUT2D eigenvalue weighted by molar-refractivity contribution is 5.44. The Morgan fingerprint density at radius 1 is 1.56 bits per heavy atom. The molecule has 0 fully saturated rings. The SMILES string of the molecule is COc1cccc2c1CN(CCO)C2CN. The van der Waals surface area contributed by atoms with E-state index in [1.54, 1.807) is 7.11 Å². The van der Waals surface area contributed by atoms with E-state index in [1.807, 2.05) is 12.1 Å². The Balaban J connectivity index is 2.33. The molecule has 4 nitrogen and oxygen atoms in total. The smallest absolute Gasteiger partial charge is 0.123 e. The molecule has 3 N–H and O–H groups in total. The predicted molar refractivity (Wildman–Crippen MR) is 62.3 cm³/mol. The highest BCUT2D eigenvalue weighted by Crippen LogP contribution is 2.37. The summed E-state index contributed by atoms with van der Waals surface area (Å²) in [6.07, 6.45) is 0. The minimum absolute atomic E-state index is 0.160. The van der Waals surface area contributed by atoms with Crippen LogP contribution >= 0.6 is 0 Å². The van der Waals surface area contributed by atoms with E-state index in [1.165, 1.54) is 11.1 Å². The van der Waals surface area contributed by atoms with Gasteiger partial charge in [0.05, 0.1) is 13.7 Å². The van der Waals surface area contributed by atoms with Gasteiger partial charge in [0.1, 0.15) is 5.75 Å². The van der Waals surface area contributed by atoms with Crippen molar-refractivity contribution in [1.29, 1.82) is 0 Å². The first-order valence-electron chi connectivity index (χ1n) is 5.52. The molecule has 1 unspecified atom stereocenters. The summed E-state index contributed by atoms with van der Waals surface area (Å²) in [6.45, 7) is 2.19. The van der Waals surface area contributed by atoms with Gasteiger partial charge in [-0.2, -0.15) is 0 Å². The largest absolute Gasteiger partial charge is 0.496 e. The van der Waals surface area contributed by atoms with Crippen LogP contribution in [0.3, 0.4) is 0 Å². The monoisotopic (exact) mass is 222 g/mol. The zero-order valence-corrected chi connectivity index (χ0v) is 9.52. The summed E-state index contributed by atoms with van der Waals surface area (Å²) in [5, 5.41) is 9.03. The first-order chi connectivity index (χ1) is 7.81. The van der Waals surface area contributed by atoms with Crippen molar-refractivity contribution in [2.75, 3.05) is 26.8 Å². The fraction of sp³-hybridized carbons (Fsp3) is 0.500. The van der Waals surface area contributed by atoms with Crippen LogP contribution < -0.4 is 10.5 Å². The van der Waals surface area contributed by atoms with Gasteiger partial charge in [-0.15, -0.1) is 0 Å². The summed E-state index contributed by atoms with van der Waals surface area (Å²) in [7, 11) is 1.68. The third-order valence-electron chi connectivity index (χ3n) is 3.16. The number of hydrogen-bond donors (Lipinski definition) is 2. The summed E-state index contributed by atoms with van der Waals surface area (Å²) in [6, 6.07) is 6.25. The molecule has 0 saturated heterocycles. The van der Waals surface area contributed by atoms with Gasteiger partial charge in [0.2, 0.25) is 0 Å². The molecule has 88 valence electrons. The average molecular weight is 222 g/mol. The van der Waals surface area contributed by atoms with Gasteiger partial charge in [-0.3, -0.25) is 4.90 Å². The molecular formula is C12H18N2O2. The molecule has 0 aromatic heterocycles. The Bertz CT molecular complexity index is 368. The third-order valence-corrected chi connectivity index (χ3v) is 3.16. The van der Waals surface area contributed by atoms with Crippen LogP contribution in [-0.2, 0) is 6.54 Å². The molecule has 2 rings (SSSR count). The van der Waals surface area contributed by atoms with Gasteiger partial charge in [0.15, 0.2) is 0 Å². The molecule has 0 aliphatic carbocycles. The first kappa shape index (κ1) is 11.4. The number of fused-ring (bicyclic) bond motifs is 1. The number of nitrogens with zero attached hydrogens (tertiary/aromatic N) is 1. The fourth-order valence-electron chi connectivity index (χ4n) is 2.40. The van der Waals surface area contributed by atoms with Crippen LogP contribution in [0, 0.1) is 0 Å². The van der Waals surface area contributed by atoms with Crippen molar-refractivity contribution in [2.45, 2.75) is 12.6 Å². The number of aliphatic hydroxyl groups excluding tert-OH is 1. The van der Waals surface area contributed by atoms with Gasteiger partial charge in [0.25, 0.3) is 0 Å². The fourth-order valence-corrected chi connectivity index (χ4v) is 2.40. The van der Waals surface area contributed by atoms with Gasteiger partial charge in [-0.1, -0.05) is 12.1 Å². The maximum absolute atomic E-state index is 9.03. The Morgan fingerprint density at radius 3 is 3.00 bits per heavy atom. The Kier molecular flexibility index (Phi) is 3.43. The third kappa shape index (κ3) is 1.80. The number of ether oxygens (including phenoxy) is 1. The number of nitrogens with two attached hydrogens (primary N) is 1. The summed E-state index contributed by atoms with van der Waals surface area (Å²) in [4.78, 5) is 2.19. The van der Waals surface area contributed by atoms with E-state index < -0.39 is 0 Å². The van der Waals surface area contributed by atoms with Crippen molar-refractivity contribution in [3.63, 3.8) is 0 Å². The number of hydrogen-bond acceptors (Lipinski definition) is 4. The molecule has 1 aromatic carbocycles. The molecule has 1 atom stereocenters. The number of benzene rings is 1. The van der Waals surface area contributed by atoms with Crippen LogP contribution in [0.1, 0.15) is 17.2 Å². The number of aliphatic hydroxyl groups is 1. The molecule has 1 heterocycles. The van der Waals surface area contributed by atoms with Crippen LogP contribution in [0.5, 0.6) is 5.75 Å². The first-order valence-corrected chi connectivity index (χ1v) is 5.52. The topological polar surface area (TPSA) is 58.7 Å². The van der Waals surface area contributed by atoms with Crippen molar-refractivity contribution in [3.05, 3.63) is 29.3 Å². The number of β-amino-alcohol motifs (C(OH)–C–C–N with tert-alkyl or cyclic N) is 1. The van der Waals surface area contributed by atoms with Crippen LogP contribution in [0.2, 0.25) is 0 Å². The summed E-state index contributed by atoms with van der Waals surface area (Å²) >= 11 is 0. The summed E-state index contributed by atoms with van der Waals surface area (Å²) < 4.78 is 5.35. The minimum atomic E-state index is 0.160. The van der Waals surface area contributed by atoms with Gasteiger partial charge in [-0.05, 0) is 11.6 Å². The molecule has 0 amide bonds. The second kappa shape index (κ2) is 4.82. The number of rotatable bonds is 4. The maximum Gasteiger partial charge on any atom is 0.123 e. The van der Waals surface area contributed by atoms with Gasteiger partial charge < -0.3 is 15.6 Å². The lowest BCUT2D eigenvalue weighted by Gasteiger charge is -2.22. The van der Waals surface area contributed by atoms with E-state index in [0.717, 1.165) is 12.3 Å². The van der Waals surface area contributed by atoms with Crippen molar-refractivity contribution in [2.24, 2.45) is 5.73 Å². The molecule has 16 heavy (non-hydrogen) atoms. The van der Waals surface area contributed by atoms with E-state index >= 15 is 0 Å². The van der Waals surface area contributed by atoms with E-state index in [9.17, 15) is 0 Å². The minimum Gasteiger partial charge on any atom is -0.496 e. The Morgan fingerprint density at radius 2 is 2.38 bits per heavy atom. The second-order valence-electron chi connectivity index (χ2n) is 3.97. The Hall–Kier alpha value is -1.10.